The van der Waals surface area contributed by atoms with Crippen molar-refractivity contribution in [1.29, 1.82) is 0 Å². The first-order valence-electron chi connectivity index (χ1n) is 17.3. The van der Waals surface area contributed by atoms with Crippen LogP contribution in [0.25, 0.3) is 22.8 Å². The van der Waals surface area contributed by atoms with Crippen molar-refractivity contribution >= 4 is 48.4 Å². The van der Waals surface area contributed by atoms with Crippen molar-refractivity contribution in [1.82, 2.24) is 19.9 Å². The monoisotopic (exact) mass is 716 g/mol. The minimum atomic E-state index is -0.743. The van der Waals surface area contributed by atoms with Crippen LogP contribution in [0.1, 0.15) is 20.7 Å². The fraction of sp³-hybridized carbons (Fsp3) is 0.128. The zero-order chi connectivity index (χ0) is 36.4. The van der Waals surface area contributed by atoms with Crippen molar-refractivity contribution < 1.29 is 32.9 Å². The number of benzene rings is 2. The molecular formula is C39H30B2N6O7. The van der Waals surface area contributed by atoms with Crippen LogP contribution in [0.3, 0.4) is 0 Å². The van der Waals surface area contributed by atoms with Gasteiger partial charge in [-0.05, 0) is 83.7 Å². The second-order valence-corrected chi connectivity index (χ2v) is 12.8. The SMILES string of the molecule is O=C(Nc1cccc(B2OC[C@H]3O[C@@H]4OB(c5cccc(NC(=O)c6ccc(-c7ccccn7)nc6)c5)O[C@@H]4[C@H]3O2)c1)c1ccc(-c2ccccn2)nc1. The predicted molar refractivity (Wildman–Crippen MR) is 200 cm³/mol. The van der Waals surface area contributed by atoms with Crippen LogP contribution in [0.2, 0.25) is 0 Å². The summed E-state index contributed by atoms with van der Waals surface area (Å²) < 4.78 is 31.1. The number of amides is 2. The van der Waals surface area contributed by atoms with E-state index in [4.69, 9.17) is 23.4 Å². The van der Waals surface area contributed by atoms with E-state index in [0.29, 0.717) is 39.4 Å². The average Bonchev–Trinajstić information content (AvgIpc) is 3.80. The molecule has 2 N–H and O–H groups in total. The molecule has 0 radical (unpaired) electrons. The highest BCUT2D eigenvalue weighted by atomic mass is 16.8. The Hall–Kier alpha value is -6.09. The van der Waals surface area contributed by atoms with Gasteiger partial charge in [0.25, 0.3) is 11.8 Å². The highest BCUT2D eigenvalue weighted by Gasteiger charge is 2.57. The van der Waals surface area contributed by atoms with Crippen LogP contribution in [0.5, 0.6) is 0 Å². The fourth-order valence-corrected chi connectivity index (χ4v) is 6.56. The normalized spacial score (nSPS) is 20.2. The molecule has 3 saturated heterocycles. The molecule has 3 fully saturated rings. The zero-order valence-corrected chi connectivity index (χ0v) is 28.5. The zero-order valence-electron chi connectivity index (χ0n) is 28.5. The van der Waals surface area contributed by atoms with Crippen molar-refractivity contribution in [3.63, 3.8) is 0 Å². The first-order chi connectivity index (χ1) is 26.5. The number of anilines is 2. The van der Waals surface area contributed by atoms with Crippen molar-refractivity contribution in [3.8, 4) is 22.8 Å². The Kier molecular flexibility index (Phi) is 9.20. The molecule has 0 spiro atoms. The first-order valence-corrected chi connectivity index (χ1v) is 17.3. The lowest BCUT2D eigenvalue weighted by Crippen LogP contribution is -2.53. The molecule has 0 bridgehead atoms. The van der Waals surface area contributed by atoms with Gasteiger partial charge in [0.05, 0.1) is 40.5 Å². The van der Waals surface area contributed by atoms with Gasteiger partial charge in [0.1, 0.15) is 18.3 Å². The Bertz CT molecular complexity index is 2290. The summed E-state index contributed by atoms with van der Waals surface area (Å²) in [6, 6.07) is 32.7. The highest BCUT2D eigenvalue weighted by Crippen LogP contribution is 2.35. The smallest absolute Gasteiger partial charge is 0.404 e. The molecule has 7 heterocycles. The lowest BCUT2D eigenvalue weighted by molar-refractivity contribution is -0.0989. The van der Waals surface area contributed by atoms with Crippen LogP contribution >= 0.6 is 0 Å². The molecule has 54 heavy (non-hydrogen) atoms. The molecule has 264 valence electrons. The molecule has 9 rings (SSSR count). The molecule has 2 amide bonds. The van der Waals surface area contributed by atoms with Gasteiger partial charge in [0.15, 0.2) is 6.29 Å². The van der Waals surface area contributed by atoms with Gasteiger partial charge >= 0.3 is 14.2 Å². The van der Waals surface area contributed by atoms with E-state index in [-0.39, 0.29) is 24.5 Å². The summed E-state index contributed by atoms with van der Waals surface area (Å²) in [5.74, 6) is -0.607. The van der Waals surface area contributed by atoms with E-state index in [1.807, 2.05) is 66.7 Å². The Morgan fingerprint density at radius 2 is 1.13 bits per heavy atom. The van der Waals surface area contributed by atoms with Crippen LogP contribution in [0.15, 0.2) is 134 Å². The van der Waals surface area contributed by atoms with Crippen LogP contribution in [-0.2, 0) is 23.4 Å². The van der Waals surface area contributed by atoms with Gasteiger partial charge in [0.2, 0.25) is 0 Å². The van der Waals surface area contributed by atoms with Crippen molar-refractivity contribution in [2.75, 3.05) is 17.2 Å². The lowest BCUT2D eigenvalue weighted by Gasteiger charge is -2.32. The maximum absolute atomic E-state index is 13.1. The Morgan fingerprint density at radius 3 is 1.67 bits per heavy atom. The number of ether oxygens (including phenoxy) is 1. The van der Waals surface area contributed by atoms with Crippen molar-refractivity contribution in [3.05, 3.63) is 145 Å². The average molecular weight is 716 g/mol. The Morgan fingerprint density at radius 1 is 0.574 bits per heavy atom. The third-order valence-electron chi connectivity index (χ3n) is 9.24. The van der Waals surface area contributed by atoms with E-state index < -0.39 is 32.7 Å². The first kappa shape index (κ1) is 33.7. The second kappa shape index (κ2) is 14.7. The summed E-state index contributed by atoms with van der Waals surface area (Å²) in [7, 11) is -1.47. The number of fused-ring (bicyclic) bond motifs is 3. The van der Waals surface area contributed by atoms with Gasteiger partial charge < -0.3 is 34.0 Å². The van der Waals surface area contributed by atoms with Gasteiger partial charge in [0, 0.05) is 36.2 Å². The van der Waals surface area contributed by atoms with Crippen LogP contribution in [-0.4, -0.2) is 77.2 Å². The van der Waals surface area contributed by atoms with E-state index in [9.17, 15) is 9.59 Å². The number of carbonyl (C=O) groups excluding carboxylic acids is 2. The van der Waals surface area contributed by atoms with Gasteiger partial charge in [-0.1, -0.05) is 36.4 Å². The Balaban J connectivity index is 0.820. The summed E-state index contributed by atoms with van der Waals surface area (Å²) in [5.41, 5.74) is 6.20. The summed E-state index contributed by atoms with van der Waals surface area (Å²) in [4.78, 5) is 43.5. The number of pyridine rings is 4. The molecule has 0 aliphatic carbocycles. The summed E-state index contributed by atoms with van der Waals surface area (Å²) in [6.45, 7) is 0.268. The maximum Gasteiger partial charge on any atom is 0.496 e. The molecule has 3 aliphatic heterocycles. The van der Waals surface area contributed by atoms with Crippen molar-refractivity contribution in [2.45, 2.75) is 24.6 Å². The lowest BCUT2D eigenvalue weighted by atomic mass is 9.76. The molecule has 2 aromatic carbocycles. The summed E-state index contributed by atoms with van der Waals surface area (Å²) in [6.07, 6.45) is 4.41. The number of nitrogens with zero attached hydrogens (tertiary/aromatic N) is 4. The van der Waals surface area contributed by atoms with Gasteiger partial charge in [-0.3, -0.25) is 29.5 Å². The molecule has 4 aromatic heterocycles. The quantitative estimate of drug-likeness (QED) is 0.221. The Labute approximate surface area is 310 Å². The van der Waals surface area contributed by atoms with Gasteiger partial charge in [-0.15, -0.1) is 0 Å². The molecule has 15 heteroatoms. The summed E-state index contributed by atoms with van der Waals surface area (Å²) >= 11 is 0. The van der Waals surface area contributed by atoms with Crippen LogP contribution in [0, 0.1) is 0 Å². The second-order valence-electron chi connectivity index (χ2n) is 12.8. The third kappa shape index (κ3) is 7.01. The largest absolute Gasteiger partial charge is 0.496 e. The minimum absolute atomic E-state index is 0.268. The van der Waals surface area contributed by atoms with Crippen LogP contribution in [0.4, 0.5) is 11.4 Å². The van der Waals surface area contributed by atoms with Gasteiger partial charge in [-0.2, -0.15) is 0 Å². The van der Waals surface area contributed by atoms with E-state index in [0.717, 1.165) is 16.9 Å². The van der Waals surface area contributed by atoms with Crippen molar-refractivity contribution in [2.24, 2.45) is 0 Å². The number of carbonyl (C=O) groups is 2. The number of aromatic nitrogens is 4. The topological polar surface area (TPSA) is 156 Å². The molecule has 0 saturated carbocycles. The molecule has 3 aliphatic rings. The predicted octanol–water partition coefficient (Wildman–Crippen LogP) is 3.75. The number of nitrogens with one attached hydrogen (secondary N) is 2. The standard InChI is InChI=1S/C39H30B2N6O7/c48-37(24-13-15-32(44-21-24)30-11-1-3-17-42-30)46-28-9-5-7-26(19-28)40-50-23-34-35(52-40)36-39(51-34)54-41(53-36)27-8-6-10-29(20-27)47-38(49)25-14-16-33(45-22-25)31-12-2-4-18-43-31/h1-22,34-36,39H,23H2,(H,46,48)(H,47,49)/t34-,35+,36-,39-/m1/s1. The highest BCUT2D eigenvalue weighted by molar-refractivity contribution is 6.62. The maximum atomic E-state index is 13.1. The van der Waals surface area contributed by atoms with E-state index in [1.54, 1.807) is 54.9 Å². The number of rotatable bonds is 8. The number of hydrogen-bond acceptors (Lipinski definition) is 11. The van der Waals surface area contributed by atoms with E-state index in [1.165, 1.54) is 12.4 Å². The molecule has 13 nitrogen and oxygen atoms in total. The molecule has 6 aromatic rings. The molecule has 0 unspecified atom stereocenters. The third-order valence-corrected chi connectivity index (χ3v) is 9.24. The summed E-state index contributed by atoms with van der Waals surface area (Å²) in [5, 5.41) is 5.86. The van der Waals surface area contributed by atoms with Gasteiger partial charge in [-0.25, -0.2) is 0 Å². The number of hydrogen-bond donors (Lipinski definition) is 2. The fourth-order valence-electron chi connectivity index (χ4n) is 6.56. The molecular weight excluding hydrogens is 686 g/mol. The van der Waals surface area contributed by atoms with E-state index >= 15 is 0 Å². The van der Waals surface area contributed by atoms with E-state index in [2.05, 4.69) is 30.6 Å². The minimum Gasteiger partial charge on any atom is -0.404 e. The van der Waals surface area contributed by atoms with Crippen LogP contribution < -0.4 is 21.6 Å². The molecule has 4 atom stereocenters.